The summed E-state index contributed by atoms with van der Waals surface area (Å²) in [6.45, 7) is 0. The SMILES string of the molecule is CSCCC(NS(=O)(=O)c1ccccc1F)C(=O)N(C)C. The standard InChI is InChI=1S/C13H19FN2O3S2/c1-16(2)13(17)11(8-9-20-3)15-21(18,19)12-7-5-4-6-10(12)14/h4-7,11,15H,8-9H2,1-3H3. The molecule has 118 valence electrons. The van der Waals surface area contributed by atoms with E-state index >= 15 is 0 Å². The molecule has 1 amide bonds. The minimum absolute atomic E-state index is 0.339. The number of thioether (sulfide) groups is 1. The minimum Gasteiger partial charge on any atom is -0.347 e. The van der Waals surface area contributed by atoms with Gasteiger partial charge in [-0.05, 0) is 30.6 Å². The molecule has 0 fully saturated rings. The molecule has 1 atom stereocenters. The van der Waals surface area contributed by atoms with E-state index in [1.165, 1.54) is 34.9 Å². The lowest BCUT2D eigenvalue weighted by Gasteiger charge is -2.21. The molecule has 0 saturated heterocycles. The van der Waals surface area contributed by atoms with E-state index in [-0.39, 0.29) is 5.91 Å². The molecule has 8 heteroatoms. The van der Waals surface area contributed by atoms with Crippen molar-refractivity contribution in [3.63, 3.8) is 0 Å². The largest absolute Gasteiger partial charge is 0.347 e. The van der Waals surface area contributed by atoms with E-state index in [0.29, 0.717) is 12.2 Å². The molecule has 21 heavy (non-hydrogen) atoms. The molecule has 1 unspecified atom stereocenters. The summed E-state index contributed by atoms with van der Waals surface area (Å²) in [4.78, 5) is 12.9. The van der Waals surface area contributed by atoms with Crippen LogP contribution in [0.3, 0.4) is 0 Å². The Bertz CT molecular complexity index is 591. The first kappa shape index (κ1) is 17.9. The van der Waals surface area contributed by atoms with Gasteiger partial charge in [0, 0.05) is 14.1 Å². The van der Waals surface area contributed by atoms with Crippen LogP contribution in [0, 0.1) is 5.82 Å². The fraction of sp³-hybridized carbons (Fsp3) is 0.462. The van der Waals surface area contributed by atoms with Crippen LogP contribution in [0.25, 0.3) is 0 Å². The Morgan fingerprint density at radius 2 is 2.00 bits per heavy atom. The topological polar surface area (TPSA) is 66.5 Å². The summed E-state index contributed by atoms with van der Waals surface area (Å²) >= 11 is 1.50. The fourth-order valence-electron chi connectivity index (χ4n) is 1.69. The number of benzene rings is 1. The highest BCUT2D eigenvalue weighted by Gasteiger charge is 2.28. The number of sulfonamides is 1. The van der Waals surface area contributed by atoms with Crippen molar-refractivity contribution in [1.29, 1.82) is 0 Å². The zero-order valence-electron chi connectivity index (χ0n) is 12.2. The fourth-order valence-corrected chi connectivity index (χ4v) is 3.47. The average molecular weight is 334 g/mol. The Morgan fingerprint density at radius 1 is 1.38 bits per heavy atom. The third kappa shape index (κ3) is 4.98. The van der Waals surface area contributed by atoms with Crippen LogP contribution < -0.4 is 4.72 Å². The van der Waals surface area contributed by atoms with Gasteiger partial charge in [-0.3, -0.25) is 4.79 Å². The second-order valence-corrected chi connectivity index (χ2v) is 7.29. The molecule has 0 bridgehead atoms. The van der Waals surface area contributed by atoms with Gasteiger partial charge in [0.15, 0.2) is 0 Å². The normalized spacial score (nSPS) is 13.0. The molecule has 0 aliphatic carbocycles. The quantitative estimate of drug-likeness (QED) is 0.816. The van der Waals surface area contributed by atoms with Gasteiger partial charge in [0.1, 0.15) is 16.8 Å². The first-order chi connectivity index (χ1) is 9.79. The molecule has 5 nitrogen and oxygen atoms in total. The van der Waals surface area contributed by atoms with E-state index in [0.717, 1.165) is 6.07 Å². The van der Waals surface area contributed by atoms with Crippen LogP contribution in [0.2, 0.25) is 0 Å². The average Bonchev–Trinajstić information content (AvgIpc) is 2.42. The van der Waals surface area contributed by atoms with E-state index in [1.54, 1.807) is 14.1 Å². The highest BCUT2D eigenvalue weighted by Crippen LogP contribution is 2.15. The van der Waals surface area contributed by atoms with Gasteiger partial charge in [0.25, 0.3) is 0 Å². The lowest BCUT2D eigenvalue weighted by molar-refractivity contribution is -0.130. The minimum atomic E-state index is -4.08. The maximum atomic E-state index is 13.6. The monoisotopic (exact) mass is 334 g/mol. The summed E-state index contributed by atoms with van der Waals surface area (Å²) < 4.78 is 40.4. The molecule has 0 aliphatic rings. The Kier molecular flexibility index (Phi) is 6.63. The van der Waals surface area contributed by atoms with Gasteiger partial charge >= 0.3 is 0 Å². The molecule has 1 aromatic carbocycles. The number of amides is 1. The summed E-state index contributed by atoms with van der Waals surface area (Å²) in [6.07, 6.45) is 2.20. The summed E-state index contributed by atoms with van der Waals surface area (Å²) in [5.41, 5.74) is 0. The van der Waals surface area contributed by atoms with E-state index < -0.39 is 26.8 Å². The molecular formula is C13H19FN2O3S2. The van der Waals surface area contributed by atoms with Gasteiger partial charge in [0.2, 0.25) is 15.9 Å². The van der Waals surface area contributed by atoms with Crippen LogP contribution in [0.5, 0.6) is 0 Å². The Balaban J connectivity index is 3.01. The predicted octanol–water partition coefficient (Wildman–Crippen LogP) is 1.31. The van der Waals surface area contributed by atoms with Crippen LogP contribution in [-0.4, -0.2) is 51.4 Å². The molecule has 1 N–H and O–H groups in total. The van der Waals surface area contributed by atoms with Crippen LogP contribution in [0.1, 0.15) is 6.42 Å². The maximum absolute atomic E-state index is 13.6. The Hall–Kier alpha value is -1.12. The van der Waals surface area contributed by atoms with Crippen molar-refractivity contribution in [3.05, 3.63) is 30.1 Å². The van der Waals surface area contributed by atoms with E-state index in [1.807, 2.05) is 6.26 Å². The third-order valence-corrected chi connectivity index (χ3v) is 4.92. The van der Waals surface area contributed by atoms with Crippen LogP contribution >= 0.6 is 11.8 Å². The number of nitrogens with one attached hydrogen (secondary N) is 1. The molecule has 1 aromatic rings. The van der Waals surface area contributed by atoms with Crippen LogP contribution in [0.15, 0.2) is 29.2 Å². The Morgan fingerprint density at radius 3 is 2.52 bits per heavy atom. The maximum Gasteiger partial charge on any atom is 0.244 e. The smallest absolute Gasteiger partial charge is 0.244 e. The molecule has 0 saturated carbocycles. The lowest BCUT2D eigenvalue weighted by atomic mass is 10.2. The number of nitrogens with zero attached hydrogens (tertiary/aromatic N) is 1. The van der Waals surface area contributed by atoms with Gasteiger partial charge in [-0.15, -0.1) is 0 Å². The van der Waals surface area contributed by atoms with Gasteiger partial charge in [-0.25, -0.2) is 12.8 Å². The molecule has 0 aromatic heterocycles. The second-order valence-electron chi connectivity index (χ2n) is 4.62. The predicted molar refractivity (Wildman–Crippen MR) is 82.2 cm³/mol. The van der Waals surface area contributed by atoms with Gasteiger partial charge in [-0.2, -0.15) is 16.5 Å². The number of halogens is 1. The molecule has 0 aliphatic heterocycles. The van der Waals surface area contributed by atoms with Gasteiger partial charge in [-0.1, -0.05) is 12.1 Å². The number of carbonyl (C=O) groups excluding carboxylic acids is 1. The molecule has 0 heterocycles. The van der Waals surface area contributed by atoms with Gasteiger partial charge in [0.05, 0.1) is 0 Å². The highest BCUT2D eigenvalue weighted by molar-refractivity contribution is 7.98. The summed E-state index contributed by atoms with van der Waals surface area (Å²) in [7, 11) is -0.986. The van der Waals surface area contributed by atoms with Crippen molar-refractivity contribution in [2.75, 3.05) is 26.1 Å². The number of likely N-dealkylation sites (N-methyl/N-ethyl adjacent to an activating group) is 1. The number of hydrogen-bond acceptors (Lipinski definition) is 4. The summed E-state index contributed by atoms with van der Waals surface area (Å²) in [6, 6.07) is 4.17. The van der Waals surface area contributed by atoms with Crippen molar-refractivity contribution in [2.24, 2.45) is 0 Å². The van der Waals surface area contributed by atoms with Crippen LogP contribution in [0.4, 0.5) is 4.39 Å². The van der Waals surface area contributed by atoms with Crippen molar-refractivity contribution >= 4 is 27.7 Å². The summed E-state index contributed by atoms with van der Waals surface area (Å²) in [5, 5.41) is 0. The third-order valence-electron chi connectivity index (χ3n) is 2.77. The second kappa shape index (κ2) is 7.77. The van der Waals surface area contributed by atoms with Gasteiger partial charge < -0.3 is 4.90 Å². The lowest BCUT2D eigenvalue weighted by Crippen LogP contribution is -2.46. The molecule has 0 radical (unpaired) electrons. The van der Waals surface area contributed by atoms with E-state index in [2.05, 4.69) is 4.72 Å². The first-order valence-electron chi connectivity index (χ1n) is 6.26. The zero-order chi connectivity index (χ0) is 16.0. The first-order valence-corrected chi connectivity index (χ1v) is 9.14. The number of rotatable bonds is 7. The highest BCUT2D eigenvalue weighted by atomic mass is 32.2. The summed E-state index contributed by atoms with van der Waals surface area (Å²) in [5.74, 6) is -0.584. The number of carbonyl (C=O) groups is 1. The van der Waals surface area contributed by atoms with Crippen molar-refractivity contribution in [2.45, 2.75) is 17.4 Å². The Labute approximate surface area is 129 Å². The number of hydrogen-bond donors (Lipinski definition) is 1. The van der Waals surface area contributed by atoms with Crippen molar-refractivity contribution < 1.29 is 17.6 Å². The van der Waals surface area contributed by atoms with E-state index in [9.17, 15) is 17.6 Å². The van der Waals surface area contributed by atoms with Crippen molar-refractivity contribution in [1.82, 2.24) is 9.62 Å². The van der Waals surface area contributed by atoms with E-state index in [4.69, 9.17) is 0 Å². The molecule has 0 spiro atoms. The molecule has 1 rings (SSSR count). The van der Waals surface area contributed by atoms with Crippen LogP contribution in [-0.2, 0) is 14.8 Å². The van der Waals surface area contributed by atoms with Crippen molar-refractivity contribution in [3.8, 4) is 0 Å². The molecular weight excluding hydrogens is 315 g/mol. The zero-order valence-corrected chi connectivity index (χ0v) is 13.8.